The number of aromatic nitrogens is 6. The Morgan fingerprint density at radius 2 is 1.95 bits per heavy atom. The molecule has 3 heterocycles. The average molecular weight is 259 g/mol. The number of imidazole rings is 1. The van der Waals surface area contributed by atoms with E-state index in [1.165, 1.54) is 0 Å². The highest BCUT2D eigenvalue weighted by atomic mass is 15.4. The Morgan fingerprint density at radius 3 is 2.53 bits per heavy atom. The van der Waals surface area contributed by atoms with E-state index in [1.54, 1.807) is 4.68 Å². The van der Waals surface area contributed by atoms with Crippen molar-refractivity contribution in [2.45, 2.75) is 27.3 Å². The first kappa shape index (κ1) is 11.8. The standard InChI is InChI=1S/C12H17N7/c1-5-18-11-10(8(3)16-18)14-12(13)19(11)9-6-17(4)15-7(9)2/h6H,5H2,1-4H3,(H2,13,14). The molecular weight excluding hydrogens is 242 g/mol. The van der Waals surface area contributed by atoms with Crippen molar-refractivity contribution in [2.24, 2.45) is 7.05 Å². The molecule has 7 nitrogen and oxygen atoms in total. The van der Waals surface area contributed by atoms with Crippen LogP contribution in [-0.2, 0) is 13.6 Å². The molecule has 7 heteroatoms. The summed E-state index contributed by atoms with van der Waals surface area (Å²) in [4.78, 5) is 4.43. The lowest BCUT2D eigenvalue weighted by atomic mass is 10.4. The second kappa shape index (κ2) is 3.84. The van der Waals surface area contributed by atoms with E-state index in [1.807, 2.05) is 36.3 Å². The third kappa shape index (κ3) is 1.54. The van der Waals surface area contributed by atoms with Gasteiger partial charge in [0.05, 0.1) is 17.1 Å². The Morgan fingerprint density at radius 1 is 1.21 bits per heavy atom. The minimum atomic E-state index is 0.466. The monoisotopic (exact) mass is 259 g/mol. The first-order valence-electron chi connectivity index (χ1n) is 6.24. The van der Waals surface area contributed by atoms with E-state index in [-0.39, 0.29) is 0 Å². The van der Waals surface area contributed by atoms with Crippen LogP contribution in [-0.4, -0.2) is 29.1 Å². The Kier molecular flexibility index (Phi) is 2.38. The van der Waals surface area contributed by atoms with Gasteiger partial charge < -0.3 is 5.73 Å². The normalized spacial score (nSPS) is 11.6. The molecule has 0 atom stereocenters. The molecule has 0 saturated heterocycles. The first-order chi connectivity index (χ1) is 9.02. The zero-order chi connectivity index (χ0) is 13.7. The van der Waals surface area contributed by atoms with Gasteiger partial charge in [-0.3, -0.25) is 9.25 Å². The molecule has 3 aromatic heterocycles. The molecule has 0 aliphatic rings. The quantitative estimate of drug-likeness (QED) is 0.749. The van der Waals surface area contributed by atoms with Gasteiger partial charge in [-0.1, -0.05) is 0 Å². The van der Waals surface area contributed by atoms with Gasteiger partial charge in [0, 0.05) is 19.8 Å². The van der Waals surface area contributed by atoms with Crippen LogP contribution in [0.15, 0.2) is 6.20 Å². The summed E-state index contributed by atoms with van der Waals surface area (Å²) in [6.45, 7) is 6.73. The second-order valence-corrected chi connectivity index (χ2v) is 4.65. The molecule has 19 heavy (non-hydrogen) atoms. The third-order valence-electron chi connectivity index (χ3n) is 3.26. The zero-order valence-electron chi connectivity index (χ0n) is 11.5. The maximum atomic E-state index is 6.07. The van der Waals surface area contributed by atoms with Crippen molar-refractivity contribution in [3.63, 3.8) is 0 Å². The predicted molar refractivity (Wildman–Crippen MR) is 73.2 cm³/mol. The average Bonchev–Trinajstić information content (AvgIpc) is 2.94. The second-order valence-electron chi connectivity index (χ2n) is 4.65. The zero-order valence-corrected chi connectivity index (χ0v) is 11.5. The van der Waals surface area contributed by atoms with Crippen LogP contribution in [0.2, 0.25) is 0 Å². The largest absolute Gasteiger partial charge is 0.369 e. The van der Waals surface area contributed by atoms with Crippen LogP contribution in [0.5, 0.6) is 0 Å². The number of fused-ring (bicyclic) bond motifs is 1. The van der Waals surface area contributed by atoms with Crippen molar-refractivity contribution >= 4 is 17.1 Å². The van der Waals surface area contributed by atoms with Crippen LogP contribution in [0, 0.1) is 13.8 Å². The summed E-state index contributed by atoms with van der Waals surface area (Å²) < 4.78 is 5.61. The fourth-order valence-corrected chi connectivity index (χ4v) is 2.45. The molecule has 0 saturated carbocycles. The van der Waals surface area contributed by atoms with Gasteiger partial charge in [0.1, 0.15) is 5.52 Å². The Balaban J connectivity index is 2.40. The van der Waals surface area contributed by atoms with Gasteiger partial charge in [0.2, 0.25) is 5.95 Å². The molecule has 0 fully saturated rings. The molecule has 3 rings (SSSR count). The molecule has 0 aliphatic heterocycles. The number of hydrogen-bond acceptors (Lipinski definition) is 4. The molecular formula is C12H17N7. The van der Waals surface area contributed by atoms with Crippen LogP contribution < -0.4 is 5.73 Å². The summed E-state index contributed by atoms with van der Waals surface area (Å²) in [6, 6.07) is 0. The number of anilines is 1. The summed E-state index contributed by atoms with van der Waals surface area (Å²) in [5, 5.41) is 8.84. The summed E-state index contributed by atoms with van der Waals surface area (Å²) in [6.07, 6.45) is 1.94. The molecule has 0 bridgehead atoms. The van der Waals surface area contributed by atoms with Crippen LogP contribution in [0.25, 0.3) is 16.9 Å². The van der Waals surface area contributed by atoms with Gasteiger partial charge in [-0.05, 0) is 20.8 Å². The van der Waals surface area contributed by atoms with Crippen LogP contribution in [0.3, 0.4) is 0 Å². The summed E-state index contributed by atoms with van der Waals surface area (Å²) in [7, 11) is 1.89. The summed E-state index contributed by atoms with van der Waals surface area (Å²) in [5.41, 5.74) is 10.6. The molecule has 0 radical (unpaired) electrons. The highest BCUT2D eigenvalue weighted by molar-refractivity contribution is 5.80. The van der Waals surface area contributed by atoms with Crippen LogP contribution >= 0.6 is 0 Å². The Labute approximate surface area is 110 Å². The summed E-state index contributed by atoms with van der Waals surface area (Å²) in [5.74, 6) is 0.466. The molecule has 0 unspecified atom stereocenters. The smallest absolute Gasteiger partial charge is 0.207 e. The maximum absolute atomic E-state index is 6.07. The van der Waals surface area contributed by atoms with Crippen molar-refractivity contribution in [1.29, 1.82) is 0 Å². The molecule has 0 aromatic carbocycles. The predicted octanol–water partition coefficient (Wildman–Crippen LogP) is 1.17. The molecule has 2 N–H and O–H groups in total. The maximum Gasteiger partial charge on any atom is 0.207 e. The molecule has 0 amide bonds. The number of hydrogen-bond donors (Lipinski definition) is 1. The lowest BCUT2D eigenvalue weighted by Gasteiger charge is -2.06. The van der Waals surface area contributed by atoms with Gasteiger partial charge in [0.25, 0.3) is 0 Å². The van der Waals surface area contributed by atoms with Gasteiger partial charge in [0.15, 0.2) is 5.65 Å². The van der Waals surface area contributed by atoms with Crippen molar-refractivity contribution in [2.75, 3.05) is 5.73 Å². The van der Waals surface area contributed by atoms with E-state index in [2.05, 4.69) is 22.1 Å². The number of nitrogens with zero attached hydrogens (tertiary/aromatic N) is 6. The number of nitrogen functional groups attached to an aromatic ring is 1. The van der Waals surface area contributed by atoms with E-state index in [0.717, 1.165) is 34.8 Å². The van der Waals surface area contributed by atoms with Crippen molar-refractivity contribution in [3.05, 3.63) is 17.6 Å². The number of nitrogens with two attached hydrogens (primary N) is 1. The van der Waals surface area contributed by atoms with Crippen LogP contribution in [0.4, 0.5) is 5.95 Å². The van der Waals surface area contributed by atoms with Crippen molar-refractivity contribution in [3.8, 4) is 5.69 Å². The Bertz CT molecular complexity index is 759. The molecule has 0 spiro atoms. The SMILES string of the molecule is CCn1nc(C)c2nc(N)n(-c3cn(C)nc3C)c21. The van der Waals surface area contributed by atoms with Gasteiger partial charge in [-0.2, -0.15) is 10.2 Å². The molecule has 100 valence electrons. The first-order valence-corrected chi connectivity index (χ1v) is 6.24. The van der Waals surface area contributed by atoms with Gasteiger partial charge in [-0.25, -0.2) is 9.67 Å². The van der Waals surface area contributed by atoms with E-state index in [4.69, 9.17) is 5.73 Å². The van der Waals surface area contributed by atoms with E-state index in [0.29, 0.717) is 5.95 Å². The van der Waals surface area contributed by atoms with Gasteiger partial charge in [-0.15, -0.1) is 0 Å². The molecule has 0 aliphatic carbocycles. The number of aryl methyl sites for hydroxylation is 4. The fourth-order valence-electron chi connectivity index (χ4n) is 2.45. The van der Waals surface area contributed by atoms with Crippen molar-refractivity contribution in [1.82, 2.24) is 29.1 Å². The lowest BCUT2D eigenvalue weighted by molar-refractivity contribution is 0.663. The van der Waals surface area contributed by atoms with E-state index >= 15 is 0 Å². The highest BCUT2D eigenvalue weighted by Gasteiger charge is 2.20. The molecule has 3 aromatic rings. The topological polar surface area (TPSA) is 79.5 Å². The van der Waals surface area contributed by atoms with E-state index < -0.39 is 0 Å². The lowest BCUT2D eigenvalue weighted by Crippen LogP contribution is -2.07. The Hall–Kier alpha value is -2.31. The van der Waals surface area contributed by atoms with Crippen molar-refractivity contribution < 1.29 is 0 Å². The van der Waals surface area contributed by atoms with E-state index in [9.17, 15) is 0 Å². The highest BCUT2D eigenvalue weighted by Crippen LogP contribution is 2.26. The van der Waals surface area contributed by atoms with Gasteiger partial charge >= 0.3 is 0 Å². The van der Waals surface area contributed by atoms with Crippen LogP contribution in [0.1, 0.15) is 18.3 Å². The fraction of sp³-hybridized carbons (Fsp3) is 0.417. The minimum absolute atomic E-state index is 0.466. The number of rotatable bonds is 2. The summed E-state index contributed by atoms with van der Waals surface area (Å²) >= 11 is 0. The minimum Gasteiger partial charge on any atom is -0.369 e. The third-order valence-corrected chi connectivity index (χ3v) is 3.26.